The molecule has 0 saturated heterocycles. The van der Waals surface area contributed by atoms with Gasteiger partial charge in [-0.05, 0) is 64.7 Å². The normalized spacial score (nSPS) is 15.0. The van der Waals surface area contributed by atoms with Crippen molar-refractivity contribution in [3.8, 4) is 23.0 Å². The van der Waals surface area contributed by atoms with Gasteiger partial charge in [0.15, 0.2) is 0 Å². The summed E-state index contributed by atoms with van der Waals surface area (Å²) in [7, 11) is 1.63. The van der Waals surface area contributed by atoms with Gasteiger partial charge in [0.25, 0.3) is 0 Å². The summed E-state index contributed by atoms with van der Waals surface area (Å²) in [5, 5.41) is 21.4. The predicted molar refractivity (Wildman–Crippen MR) is 121 cm³/mol. The average Bonchev–Trinajstić information content (AvgIpc) is 2.71. The molecule has 160 valence electrons. The number of methoxy groups -OCH3 is 1. The smallest absolute Gasteiger partial charge is 0.129 e. The summed E-state index contributed by atoms with van der Waals surface area (Å²) >= 11 is 0. The molecule has 0 fully saturated rings. The molecule has 4 heteroatoms. The number of aromatic hydroxyl groups is 2. The Morgan fingerprint density at radius 1 is 1.00 bits per heavy atom. The van der Waals surface area contributed by atoms with Crippen molar-refractivity contribution in [3.63, 3.8) is 0 Å². The third-order valence-corrected chi connectivity index (χ3v) is 5.57. The number of fused-ring (bicyclic) bond motifs is 1. The molecule has 30 heavy (non-hydrogen) atoms. The van der Waals surface area contributed by atoms with Crippen LogP contribution in [0.4, 0.5) is 0 Å². The predicted octanol–water partition coefficient (Wildman–Crippen LogP) is 5.84. The standard InChI is InChI=1S/C26H32O4/c1-16(2)6-9-21-23(27)12-8-18-14-19(15-30-26(18)21)20-11-13-24(29-5)22(25(20)28)10-7-17(3)4/h6-8,11-13,19,27-28H,9-10,14-15H2,1-5H3/t19-/m0/s1. The van der Waals surface area contributed by atoms with Gasteiger partial charge in [-0.1, -0.05) is 35.4 Å². The van der Waals surface area contributed by atoms with E-state index in [1.165, 1.54) is 11.1 Å². The second-order valence-electron chi connectivity index (χ2n) is 8.42. The summed E-state index contributed by atoms with van der Waals surface area (Å²) in [6.07, 6.45) is 6.19. The molecule has 1 aliphatic heterocycles. The molecule has 0 unspecified atom stereocenters. The van der Waals surface area contributed by atoms with E-state index in [1.807, 2.05) is 45.9 Å². The van der Waals surface area contributed by atoms with Crippen LogP contribution in [0.15, 0.2) is 47.6 Å². The maximum absolute atomic E-state index is 11.0. The number of hydrogen-bond donors (Lipinski definition) is 2. The zero-order valence-electron chi connectivity index (χ0n) is 18.6. The number of allylic oxidation sites excluding steroid dienone is 4. The Balaban J connectivity index is 1.94. The molecule has 2 aromatic rings. The van der Waals surface area contributed by atoms with Gasteiger partial charge < -0.3 is 19.7 Å². The van der Waals surface area contributed by atoms with Crippen LogP contribution in [0.2, 0.25) is 0 Å². The maximum Gasteiger partial charge on any atom is 0.129 e. The van der Waals surface area contributed by atoms with Crippen LogP contribution in [-0.4, -0.2) is 23.9 Å². The highest BCUT2D eigenvalue weighted by Crippen LogP contribution is 2.43. The Hall–Kier alpha value is -2.88. The van der Waals surface area contributed by atoms with Gasteiger partial charge in [0.1, 0.15) is 23.0 Å². The fourth-order valence-corrected chi connectivity index (χ4v) is 3.88. The third-order valence-electron chi connectivity index (χ3n) is 5.57. The monoisotopic (exact) mass is 408 g/mol. The molecule has 1 atom stereocenters. The summed E-state index contributed by atoms with van der Waals surface area (Å²) in [6.45, 7) is 8.63. The molecule has 0 aromatic heterocycles. The van der Waals surface area contributed by atoms with Crippen LogP contribution in [0.5, 0.6) is 23.0 Å². The molecule has 1 aliphatic rings. The van der Waals surface area contributed by atoms with E-state index in [0.29, 0.717) is 25.2 Å². The van der Waals surface area contributed by atoms with Crippen LogP contribution >= 0.6 is 0 Å². The Bertz CT molecular complexity index is 977. The van der Waals surface area contributed by atoms with E-state index >= 15 is 0 Å². The lowest BCUT2D eigenvalue weighted by Crippen LogP contribution is -2.20. The summed E-state index contributed by atoms with van der Waals surface area (Å²) in [5.74, 6) is 2.06. The first-order valence-corrected chi connectivity index (χ1v) is 10.4. The molecule has 2 aromatic carbocycles. The van der Waals surface area contributed by atoms with Gasteiger partial charge in [-0.25, -0.2) is 0 Å². The van der Waals surface area contributed by atoms with Crippen molar-refractivity contribution in [1.82, 2.24) is 0 Å². The summed E-state index contributed by atoms with van der Waals surface area (Å²) < 4.78 is 11.6. The highest BCUT2D eigenvalue weighted by molar-refractivity contribution is 5.55. The first-order valence-electron chi connectivity index (χ1n) is 10.4. The SMILES string of the molecule is COc1ccc([C@@H]2COc3c(ccc(O)c3CC=C(C)C)C2)c(O)c1CC=C(C)C. The van der Waals surface area contributed by atoms with Gasteiger partial charge in [-0.3, -0.25) is 0 Å². The van der Waals surface area contributed by atoms with E-state index in [9.17, 15) is 10.2 Å². The van der Waals surface area contributed by atoms with Crippen LogP contribution in [0.3, 0.4) is 0 Å². The molecule has 0 saturated carbocycles. The zero-order chi connectivity index (χ0) is 21.8. The van der Waals surface area contributed by atoms with Gasteiger partial charge in [0, 0.05) is 22.6 Å². The third kappa shape index (κ3) is 4.64. The molecule has 1 heterocycles. The van der Waals surface area contributed by atoms with E-state index < -0.39 is 0 Å². The van der Waals surface area contributed by atoms with Crippen molar-refractivity contribution >= 4 is 0 Å². The molecule has 0 amide bonds. The van der Waals surface area contributed by atoms with Crippen molar-refractivity contribution in [2.45, 2.75) is 52.9 Å². The van der Waals surface area contributed by atoms with Crippen molar-refractivity contribution in [2.24, 2.45) is 0 Å². The minimum absolute atomic E-state index is 0.0368. The fourth-order valence-electron chi connectivity index (χ4n) is 3.88. The molecular weight excluding hydrogens is 376 g/mol. The van der Waals surface area contributed by atoms with Crippen molar-refractivity contribution in [1.29, 1.82) is 0 Å². The molecule has 0 spiro atoms. The lowest BCUT2D eigenvalue weighted by atomic mass is 9.86. The molecule has 3 rings (SSSR count). The molecular formula is C26H32O4. The first-order chi connectivity index (χ1) is 14.3. The van der Waals surface area contributed by atoms with Crippen LogP contribution < -0.4 is 9.47 Å². The largest absolute Gasteiger partial charge is 0.508 e. The van der Waals surface area contributed by atoms with E-state index in [2.05, 4.69) is 12.2 Å². The van der Waals surface area contributed by atoms with E-state index in [1.54, 1.807) is 13.2 Å². The highest BCUT2D eigenvalue weighted by Gasteiger charge is 2.28. The Labute approximate surface area is 179 Å². The number of phenols is 2. The first kappa shape index (κ1) is 21.8. The van der Waals surface area contributed by atoms with Crippen LogP contribution in [0.25, 0.3) is 0 Å². The van der Waals surface area contributed by atoms with Crippen LogP contribution in [0, 0.1) is 0 Å². The lowest BCUT2D eigenvalue weighted by Gasteiger charge is -2.29. The molecule has 0 aliphatic carbocycles. The molecule has 4 nitrogen and oxygen atoms in total. The van der Waals surface area contributed by atoms with E-state index in [4.69, 9.17) is 9.47 Å². The summed E-state index contributed by atoms with van der Waals surface area (Å²) in [6, 6.07) is 7.53. The minimum Gasteiger partial charge on any atom is -0.508 e. The molecule has 2 N–H and O–H groups in total. The van der Waals surface area contributed by atoms with Crippen molar-refractivity contribution < 1.29 is 19.7 Å². The van der Waals surface area contributed by atoms with Crippen LogP contribution in [0.1, 0.15) is 55.9 Å². The second-order valence-corrected chi connectivity index (χ2v) is 8.42. The van der Waals surface area contributed by atoms with E-state index in [0.717, 1.165) is 34.4 Å². The van der Waals surface area contributed by atoms with Crippen LogP contribution in [-0.2, 0) is 19.3 Å². The average molecular weight is 409 g/mol. The lowest BCUT2D eigenvalue weighted by molar-refractivity contribution is 0.255. The summed E-state index contributed by atoms with van der Waals surface area (Å²) in [4.78, 5) is 0. The highest BCUT2D eigenvalue weighted by atomic mass is 16.5. The van der Waals surface area contributed by atoms with Gasteiger partial charge in [-0.15, -0.1) is 0 Å². The van der Waals surface area contributed by atoms with Crippen molar-refractivity contribution in [2.75, 3.05) is 13.7 Å². The van der Waals surface area contributed by atoms with Gasteiger partial charge in [0.05, 0.1) is 13.7 Å². The topological polar surface area (TPSA) is 58.9 Å². The van der Waals surface area contributed by atoms with Gasteiger partial charge in [-0.2, -0.15) is 0 Å². The maximum atomic E-state index is 11.0. The summed E-state index contributed by atoms with van der Waals surface area (Å²) in [5.41, 5.74) is 5.96. The number of benzene rings is 2. The van der Waals surface area contributed by atoms with Gasteiger partial charge >= 0.3 is 0 Å². The van der Waals surface area contributed by atoms with Gasteiger partial charge in [0.2, 0.25) is 0 Å². The Kier molecular flexibility index (Phi) is 6.76. The number of phenolic OH excluding ortho intramolecular Hbond substituents is 2. The second kappa shape index (κ2) is 9.29. The number of ether oxygens (including phenoxy) is 2. The fraction of sp³-hybridized carbons (Fsp3) is 0.385. The number of rotatable bonds is 6. The minimum atomic E-state index is 0.0368. The molecule has 0 bridgehead atoms. The molecule has 0 radical (unpaired) electrons. The Morgan fingerprint density at radius 3 is 2.30 bits per heavy atom. The number of hydrogen-bond acceptors (Lipinski definition) is 4. The van der Waals surface area contributed by atoms with E-state index in [-0.39, 0.29) is 17.4 Å². The Morgan fingerprint density at radius 2 is 1.67 bits per heavy atom. The zero-order valence-corrected chi connectivity index (χ0v) is 18.6. The van der Waals surface area contributed by atoms with Crippen molar-refractivity contribution in [3.05, 3.63) is 69.8 Å². The quantitative estimate of drug-likeness (QED) is 0.589.